The molecule has 0 fully saturated rings. The van der Waals surface area contributed by atoms with Gasteiger partial charge in [0, 0.05) is 0 Å². The number of ether oxygens (including phenoxy) is 1. The predicted molar refractivity (Wildman–Crippen MR) is 59.9 cm³/mol. The smallest absolute Gasteiger partial charge is 0.748 e. The summed E-state index contributed by atoms with van der Waals surface area (Å²) in [6, 6.07) is 0. The van der Waals surface area contributed by atoms with Crippen LogP contribution >= 0.6 is 0 Å². The molecule has 0 aromatic rings. The quantitative estimate of drug-likeness (QED) is 0.221. The number of hydrogen-bond acceptors (Lipinski definition) is 5. The molecule has 0 aromatic heterocycles. The summed E-state index contributed by atoms with van der Waals surface area (Å²) in [4.78, 5) is 0. The fraction of sp³-hybridized carbons (Fsp3) is 1.00. The van der Waals surface area contributed by atoms with E-state index < -0.39 is 28.8 Å². The summed E-state index contributed by atoms with van der Waals surface area (Å²) in [5, 5.41) is 8.56. The van der Waals surface area contributed by atoms with E-state index in [1.807, 2.05) is 0 Å². The molecule has 0 heterocycles. The summed E-state index contributed by atoms with van der Waals surface area (Å²) in [5.41, 5.74) is 0. The van der Waals surface area contributed by atoms with Gasteiger partial charge in [-0.05, 0) is 6.42 Å². The third kappa shape index (κ3) is 14.8. The SMILES string of the molecule is CCCCCCCC(CS(=O)(=O)[O-])OCO.[Na+]. The molecule has 0 bridgehead atoms. The molecular weight excluding hydrogens is 255 g/mol. The van der Waals surface area contributed by atoms with Gasteiger partial charge in [-0.25, -0.2) is 8.42 Å². The molecule has 0 saturated carbocycles. The van der Waals surface area contributed by atoms with Crippen LogP contribution < -0.4 is 29.6 Å². The second-order valence-electron chi connectivity index (χ2n) is 3.85. The van der Waals surface area contributed by atoms with E-state index in [2.05, 4.69) is 6.92 Å². The van der Waals surface area contributed by atoms with E-state index in [9.17, 15) is 13.0 Å². The van der Waals surface area contributed by atoms with Crippen LogP contribution in [-0.4, -0.2) is 36.7 Å². The van der Waals surface area contributed by atoms with Gasteiger partial charge >= 0.3 is 29.6 Å². The molecule has 1 atom stereocenters. The molecule has 98 valence electrons. The van der Waals surface area contributed by atoms with Crippen molar-refractivity contribution in [3.05, 3.63) is 0 Å². The number of rotatable bonds is 10. The van der Waals surface area contributed by atoms with E-state index in [0.717, 1.165) is 32.1 Å². The number of hydrogen-bond donors (Lipinski definition) is 1. The molecule has 17 heavy (non-hydrogen) atoms. The van der Waals surface area contributed by atoms with E-state index in [0.29, 0.717) is 6.42 Å². The van der Waals surface area contributed by atoms with Gasteiger partial charge in [0.15, 0.2) is 0 Å². The normalized spacial score (nSPS) is 13.1. The molecule has 1 N–H and O–H groups in total. The largest absolute Gasteiger partial charge is 1.00 e. The van der Waals surface area contributed by atoms with E-state index in [1.165, 1.54) is 0 Å². The third-order valence-electron chi connectivity index (χ3n) is 2.33. The Balaban J connectivity index is 0. The molecule has 0 saturated heterocycles. The maximum atomic E-state index is 10.5. The van der Waals surface area contributed by atoms with Crippen LogP contribution in [0.5, 0.6) is 0 Å². The average molecular weight is 276 g/mol. The van der Waals surface area contributed by atoms with Gasteiger partial charge in [0.05, 0.1) is 22.0 Å². The summed E-state index contributed by atoms with van der Waals surface area (Å²) in [6.45, 7) is 1.57. The van der Waals surface area contributed by atoms with E-state index >= 15 is 0 Å². The van der Waals surface area contributed by atoms with Gasteiger partial charge in [0.25, 0.3) is 0 Å². The molecule has 0 aliphatic rings. The first-order valence-electron chi connectivity index (χ1n) is 5.65. The van der Waals surface area contributed by atoms with Crippen LogP contribution in [0.15, 0.2) is 0 Å². The Labute approximate surface area is 126 Å². The fourth-order valence-corrected chi connectivity index (χ4v) is 2.24. The van der Waals surface area contributed by atoms with Gasteiger partial charge in [-0.1, -0.05) is 39.0 Å². The topological polar surface area (TPSA) is 86.7 Å². The molecule has 0 aliphatic heterocycles. The molecule has 0 rings (SSSR count). The predicted octanol–water partition coefficient (Wildman–Crippen LogP) is -1.77. The molecular formula is C10H21NaO5S. The van der Waals surface area contributed by atoms with Crippen LogP contribution in [0.2, 0.25) is 0 Å². The zero-order valence-corrected chi connectivity index (χ0v) is 13.5. The zero-order chi connectivity index (χ0) is 12.4. The maximum Gasteiger partial charge on any atom is 1.00 e. The van der Waals surface area contributed by atoms with Crippen molar-refractivity contribution in [1.29, 1.82) is 0 Å². The van der Waals surface area contributed by atoms with Crippen LogP contribution in [0.1, 0.15) is 45.4 Å². The Hall–Kier alpha value is 0.830. The van der Waals surface area contributed by atoms with Gasteiger partial charge in [-0.2, -0.15) is 0 Å². The Kier molecular flexibility index (Phi) is 14.1. The second kappa shape index (κ2) is 11.9. The monoisotopic (exact) mass is 276 g/mol. The summed E-state index contributed by atoms with van der Waals surface area (Å²) in [5.74, 6) is -0.554. The molecule has 0 aromatic carbocycles. The van der Waals surface area contributed by atoms with Crippen LogP contribution in [0, 0.1) is 0 Å². The molecule has 7 heteroatoms. The van der Waals surface area contributed by atoms with Crippen molar-refractivity contribution in [3.63, 3.8) is 0 Å². The van der Waals surface area contributed by atoms with Gasteiger partial charge in [0.1, 0.15) is 6.79 Å². The van der Waals surface area contributed by atoms with Crippen molar-refractivity contribution in [1.82, 2.24) is 0 Å². The number of aliphatic hydroxyl groups is 1. The van der Waals surface area contributed by atoms with Crippen LogP contribution in [0.4, 0.5) is 0 Å². The van der Waals surface area contributed by atoms with Crippen LogP contribution in [0.3, 0.4) is 0 Å². The molecule has 0 radical (unpaired) electrons. The summed E-state index contributed by atoms with van der Waals surface area (Å²) >= 11 is 0. The zero-order valence-electron chi connectivity index (χ0n) is 10.7. The minimum atomic E-state index is -4.28. The van der Waals surface area contributed by atoms with Crippen molar-refractivity contribution in [2.45, 2.75) is 51.6 Å². The van der Waals surface area contributed by atoms with Crippen molar-refractivity contribution >= 4 is 10.1 Å². The van der Waals surface area contributed by atoms with E-state index in [1.54, 1.807) is 0 Å². The van der Waals surface area contributed by atoms with Crippen LogP contribution in [0.25, 0.3) is 0 Å². The Morgan fingerprint density at radius 3 is 2.29 bits per heavy atom. The van der Waals surface area contributed by atoms with Gasteiger partial charge in [-0.15, -0.1) is 0 Å². The second-order valence-corrected chi connectivity index (χ2v) is 5.29. The van der Waals surface area contributed by atoms with Crippen molar-refractivity contribution in [2.24, 2.45) is 0 Å². The van der Waals surface area contributed by atoms with Crippen molar-refractivity contribution in [3.8, 4) is 0 Å². The maximum absolute atomic E-state index is 10.5. The first-order chi connectivity index (χ1) is 7.49. The fourth-order valence-electron chi connectivity index (χ4n) is 1.52. The van der Waals surface area contributed by atoms with Gasteiger partial charge in [-0.3, -0.25) is 0 Å². The molecule has 0 aliphatic carbocycles. The summed E-state index contributed by atoms with van der Waals surface area (Å²) in [7, 11) is -4.28. The molecule has 1 unspecified atom stereocenters. The van der Waals surface area contributed by atoms with E-state index in [-0.39, 0.29) is 29.6 Å². The average Bonchev–Trinajstić information content (AvgIpc) is 2.15. The molecule has 0 spiro atoms. The van der Waals surface area contributed by atoms with Gasteiger partial charge < -0.3 is 14.4 Å². The Bertz CT molecular complexity index is 255. The first-order valence-corrected chi connectivity index (χ1v) is 7.23. The van der Waals surface area contributed by atoms with Gasteiger partial charge in [0.2, 0.25) is 0 Å². The summed E-state index contributed by atoms with van der Waals surface area (Å²) < 4.78 is 36.4. The number of unbranched alkanes of at least 4 members (excludes halogenated alkanes) is 4. The standard InChI is InChI=1S/C10H22O5S.Na/c1-2-3-4-5-6-7-10(15-9-11)8-16(12,13)14;/h10-11H,2-9H2,1H3,(H,12,13,14);/q;+1/p-1. The first kappa shape index (κ1) is 20.2. The minimum Gasteiger partial charge on any atom is -0.748 e. The molecule has 0 amide bonds. The Morgan fingerprint density at radius 1 is 1.24 bits per heavy atom. The minimum absolute atomic E-state index is 0. The van der Waals surface area contributed by atoms with Crippen LogP contribution in [-0.2, 0) is 14.9 Å². The Morgan fingerprint density at radius 2 is 1.82 bits per heavy atom. The van der Waals surface area contributed by atoms with E-state index in [4.69, 9.17) is 9.84 Å². The van der Waals surface area contributed by atoms with Crippen molar-refractivity contribution < 1.29 is 52.4 Å². The summed E-state index contributed by atoms with van der Waals surface area (Å²) in [6.07, 6.45) is 5.06. The third-order valence-corrected chi connectivity index (χ3v) is 3.11. The van der Waals surface area contributed by atoms with Crippen molar-refractivity contribution in [2.75, 3.05) is 12.5 Å². The number of aliphatic hydroxyl groups excluding tert-OH is 1. The molecule has 5 nitrogen and oxygen atoms in total.